The normalized spacial score (nSPS) is 38.6. The van der Waals surface area contributed by atoms with Crippen LogP contribution < -0.4 is 0 Å². The fourth-order valence-electron chi connectivity index (χ4n) is 3.26. The van der Waals surface area contributed by atoms with Crippen LogP contribution in [0.1, 0.15) is 40.5 Å². The van der Waals surface area contributed by atoms with Gasteiger partial charge >= 0.3 is 0 Å². The van der Waals surface area contributed by atoms with Gasteiger partial charge in [0.1, 0.15) is 5.78 Å². The molecule has 98 valence electrons. The van der Waals surface area contributed by atoms with Gasteiger partial charge in [0, 0.05) is 31.0 Å². The SMILES string of the molecule is C[C@@H]1CN(CC2CCC(C)(C)C2=O)C[C@H](C)O1. The van der Waals surface area contributed by atoms with Crippen molar-refractivity contribution < 1.29 is 9.53 Å². The maximum Gasteiger partial charge on any atom is 0.142 e. The second kappa shape index (κ2) is 4.69. The number of carbonyl (C=O) groups excluding carboxylic acids is 1. The number of ketones is 1. The van der Waals surface area contributed by atoms with Crippen LogP contribution in [0.2, 0.25) is 0 Å². The largest absolute Gasteiger partial charge is 0.373 e. The molecule has 0 aromatic carbocycles. The van der Waals surface area contributed by atoms with E-state index in [-0.39, 0.29) is 11.3 Å². The summed E-state index contributed by atoms with van der Waals surface area (Å²) in [6.07, 6.45) is 2.70. The van der Waals surface area contributed by atoms with Crippen molar-refractivity contribution in [2.45, 2.75) is 52.7 Å². The van der Waals surface area contributed by atoms with Crippen molar-refractivity contribution >= 4 is 5.78 Å². The number of rotatable bonds is 2. The van der Waals surface area contributed by atoms with Gasteiger partial charge in [0.15, 0.2) is 0 Å². The van der Waals surface area contributed by atoms with E-state index in [2.05, 4.69) is 32.6 Å². The van der Waals surface area contributed by atoms with E-state index in [1.165, 1.54) is 0 Å². The Labute approximate surface area is 105 Å². The number of nitrogens with zero attached hydrogens (tertiary/aromatic N) is 1. The Morgan fingerprint density at radius 3 is 2.35 bits per heavy atom. The van der Waals surface area contributed by atoms with Gasteiger partial charge in [0.25, 0.3) is 0 Å². The summed E-state index contributed by atoms with van der Waals surface area (Å²) < 4.78 is 5.72. The van der Waals surface area contributed by atoms with Crippen molar-refractivity contribution in [3.63, 3.8) is 0 Å². The zero-order chi connectivity index (χ0) is 12.6. The predicted molar refractivity (Wildman–Crippen MR) is 68.0 cm³/mol. The van der Waals surface area contributed by atoms with Crippen LogP contribution in [0, 0.1) is 11.3 Å². The summed E-state index contributed by atoms with van der Waals surface area (Å²) in [4.78, 5) is 14.6. The lowest BCUT2D eigenvalue weighted by Gasteiger charge is -2.36. The molecule has 1 aliphatic carbocycles. The first-order valence-corrected chi connectivity index (χ1v) is 6.80. The Hall–Kier alpha value is -0.410. The number of Topliss-reactive ketones (excluding diaryl/α,β-unsaturated/α-hetero) is 1. The molecule has 0 amide bonds. The second-order valence-electron chi connectivity index (χ2n) is 6.46. The van der Waals surface area contributed by atoms with Crippen LogP contribution in [0.5, 0.6) is 0 Å². The molecule has 0 radical (unpaired) electrons. The van der Waals surface area contributed by atoms with Gasteiger partial charge in [-0.25, -0.2) is 0 Å². The Kier molecular flexibility index (Phi) is 3.60. The molecule has 0 N–H and O–H groups in total. The van der Waals surface area contributed by atoms with Gasteiger partial charge in [-0.15, -0.1) is 0 Å². The van der Waals surface area contributed by atoms with Crippen molar-refractivity contribution in [2.24, 2.45) is 11.3 Å². The highest BCUT2D eigenvalue weighted by Gasteiger charge is 2.41. The van der Waals surface area contributed by atoms with Gasteiger partial charge in [-0.3, -0.25) is 9.69 Å². The summed E-state index contributed by atoms with van der Waals surface area (Å²) in [5.41, 5.74) is -0.0891. The highest BCUT2D eigenvalue weighted by molar-refractivity contribution is 5.88. The molecular weight excluding hydrogens is 214 g/mol. The quantitative estimate of drug-likeness (QED) is 0.739. The third-order valence-electron chi connectivity index (χ3n) is 4.13. The molecule has 1 aliphatic heterocycles. The summed E-state index contributed by atoms with van der Waals surface area (Å²) in [7, 11) is 0. The van der Waals surface area contributed by atoms with E-state index in [0.717, 1.165) is 32.5 Å². The molecule has 2 fully saturated rings. The van der Waals surface area contributed by atoms with Gasteiger partial charge in [-0.1, -0.05) is 13.8 Å². The van der Waals surface area contributed by atoms with Crippen molar-refractivity contribution in [1.82, 2.24) is 4.90 Å². The average molecular weight is 239 g/mol. The van der Waals surface area contributed by atoms with Gasteiger partial charge in [-0.2, -0.15) is 0 Å². The number of hydrogen-bond donors (Lipinski definition) is 0. The molecule has 1 unspecified atom stereocenters. The Morgan fingerprint density at radius 1 is 1.29 bits per heavy atom. The summed E-state index contributed by atoms with van der Waals surface area (Å²) in [5, 5.41) is 0. The molecule has 3 nitrogen and oxygen atoms in total. The summed E-state index contributed by atoms with van der Waals surface area (Å²) >= 11 is 0. The lowest BCUT2D eigenvalue weighted by atomic mass is 9.89. The predicted octanol–water partition coefficient (Wildman–Crippen LogP) is 2.10. The first kappa shape index (κ1) is 13.0. The molecule has 1 saturated heterocycles. The zero-order valence-electron chi connectivity index (χ0n) is 11.5. The zero-order valence-corrected chi connectivity index (χ0v) is 11.5. The molecule has 3 heteroatoms. The molecule has 0 bridgehead atoms. The number of ether oxygens (including phenoxy) is 1. The van der Waals surface area contributed by atoms with E-state index >= 15 is 0 Å². The molecule has 0 aromatic heterocycles. The van der Waals surface area contributed by atoms with Crippen LogP contribution in [-0.4, -0.2) is 42.5 Å². The maximum atomic E-state index is 12.2. The summed E-state index contributed by atoms with van der Waals surface area (Å²) in [5.74, 6) is 0.715. The van der Waals surface area contributed by atoms with Crippen molar-refractivity contribution in [3.05, 3.63) is 0 Å². The Morgan fingerprint density at radius 2 is 1.88 bits per heavy atom. The lowest BCUT2D eigenvalue weighted by Crippen LogP contribution is -2.47. The smallest absolute Gasteiger partial charge is 0.142 e. The summed E-state index contributed by atoms with van der Waals surface area (Å²) in [6.45, 7) is 11.3. The Bertz CT molecular complexity index is 291. The molecule has 2 aliphatic rings. The maximum absolute atomic E-state index is 12.2. The molecular formula is C14H25NO2. The number of morpholine rings is 1. The molecule has 1 heterocycles. The highest BCUT2D eigenvalue weighted by atomic mass is 16.5. The molecule has 3 atom stereocenters. The number of carbonyl (C=O) groups is 1. The van der Waals surface area contributed by atoms with E-state index in [4.69, 9.17) is 4.74 Å². The van der Waals surface area contributed by atoms with E-state index in [1.807, 2.05) is 0 Å². The Balaban J connectivity index is 1.91. The van der Waals surface area contributed by atoms with Crippen molar-refractivity contribution in [3.8, 4) is 0 Å². The third-order valence-corrected chi connectivity index (χ3v) is 4.13. The van der Waals surface area contributed by atoms with E-state index in [1.54, 1.807) is 0 Å². The van der Waals surface area contributed by atoms with Crippen molar-refractivity contribution in [2.75, 3.05) is 19.6 Å². The van der Waals surface area contributed by atoms with E-state index < -0.39 is 0 Å². The minimum absolute atomic E-state index is 0.0891. The highest BCUT2D eigenvalue weighted by Crippen LogP contribution is 2.38. The number of hydrogen-bond acceptors (Lipinski definition) is 3. The molecule has 1 saturated carbocycles. The van der Waals surface area contributed by atoms with Gasteiger partial charge in [-0.05, 0) is 26.7 Å². The van der Waals surface area contributed by atoms with Crippen LogP contribution >= 0.6 is 0 Å². The molecule has 17 heavy (non-hydrogen) atoms. The standard InChI is InChI=1S/C14H25NO2/c1-10-7-15(8-11(2)17-10)9-12-5-6-14(3,4)13(12)16/h10-12H,5-9H2,1-4H3/t10-,11+,12?. The molecule has 0 spiro atoms. The van der Waals surface area contributed by atoms with Crippen LogP contribution in [-0.2, 0) is 9.53 Å². The minimum Gasteiger partial charge on any atom is -0.373 e. The molecule has 0 aromatic rings. The van der Waals surface area contributed by atoms with E-state index in [9.17, 15) is 4.79 Å². The van der Waals surface area contributed by atoms with Gasteiger partial charge in [0.2, 0.25) is 0 Å². The van der Waals surface area contributed by atoms with E-state index in [0.29, 0.717) is 18.0 Å². The average Bonchev–Trinajstić information content (AvgIpc) is 2.44. The topological polar surface area (TPSA) is 29.5 Å². The van der Waals surface area contributed by atoms with Crippen LogP contribution in [0.4, 0.5) is 0 Å². The van der Waals surface area contributed by atoms with Gasteiger partial charge < -0.3 is 4.74 Å². The summed E-state index contributed by atoms with van der Waals surface area (Å²) in [6, 6.07) is 0. The lowest BCUT2D eigenvalue weighted by molar-refractivity contribution is -0.129. The van der Waals surface area contributed by atoms with Crippen LogP contribution in [0.15, 0.2) is 0 Å². The first-order valence-electron chi connectivity index (χ1n) is 6.80. The fourth-order valence-corrected chi connectivity index (χ4v) is 3.26. The fraction of sp³-hybridized carbons (Fsp3) is 0.929. The third kappa shape index (κ3) is 2.89. The van der Waals surface area contributed by atoms with Gasteiger partial charge in [0.05, 0.1) is 12.2 Å². The van der Waals surface area contributed by atoms with Crippen LogP contribution in [0.3, 0.4) is 0 Å². The van der Waals surface area contributed by atoms with Crippen LogP contribution in [0.25, 0.3) is 0 Å². The van der Waals surface area contributed by atoms with Crippen molar-refractivity contribution in [1.29, 1.82) is 0 Å². The monoisotopic (exact) mass is 239 g/mol. The first-order chi connectivity index (χ1) is 7.88. The minimum atomic E-state index is -0.0891. The molecule has 2 rings (SSSR count). The second-order valence-corrected chi connectivity index (χ2v) is 6.46.